The summed E-state index contributed by atoms with van der Waals surface area (Å²) in [5.41, 5.74) is 5.65. The molecule has 0 aromatic carbocycles. The Morgan fingerprint density at radius 1 is 1.50 bits per heavy atom. The average molecular weight is 366 g/mol. The van der Waals surface area contributed by atoms with Gasteiger partial charge in [-0.25, -0.2) is 18.1 Å². The van der Waals surface area contributed by atoms with E-state index in [1.165, 1.54) is 12.3 Å². The highest BCUT2D eigenvalue weighted by atomic mass is 79.9. The molecule has 1 atom stereocenters. The molecule has 0 aliphatic carbocycles. The smallest absolute Gasteiger partial charge is 0.244 e. The first kappa shape index (κ1) is 17.4. The molecule has 0 bridgehead atoms. The van der Waals surface area contributed by atoms with Gasteiger partial charge in [0.25, 0.3) is 0 Å². The molecule has 3 N–H and O–H groups in total. The Morgan fingerprint density at radius 3 is 2.70 bits per heavy atom. The van der Waals surface area contributed by atoms with Gasteiger partial charge in [0, 0.05) is 23.3 Å². The van der Waals surface area contributed by atoms with Gasteiger partial charge in [0.1, 0.15) is 10.7 Å². The first-order valence-corrected chi connectivity index (χ1v) is 8.56. The van der Waals surface area contributed by atoms with E-state index in [0.717, 1.165) is 0 Å². The summed E-state index contributed by atoms with van der Waals surface area (Å²) >= 11 is 3.19. The lowest BCUT2D eigenvalue weighted by Gasteiger charge is -2.22. The van der Waals surface area contributed by atoms with Crippen molar-refractivity contribution >= 4 is 31.8 Å². The fourth-order valence-corrected chi connectivity index (χ4v) is 3.48. The normalized spacial score (nSPS) is 13.7. The number of rotatable bonds is 7. The molecule has 114 valence electrons. The van der Waals surface area contributed by atoms with Crippen LogP contribution in [0.4, 0.5) is 5.82 Å². The molecule has 8 heteroatoms. The minimum Gasteiger partial charge on any atom is -0.383 e. The van der Waals surface area contributed by atoms with Crippen molar-refractivity contribution in [3.8, 4) is 0 Å². The van der Waals surface area contributed by atoms with Gasteiger partial charge < -0.3 is 10.5 Å². The Balaban J connectivity index is 3.00. The Morgan fingerprint density at radius 2 is 2.15 bits per heavy atom. The van der Waals surface area contributed by atoms with Crippen molar-refractivity contribution in [2.75, 3.05) is 18.9 Å². The van der Waals surface area contributed by atoms with Crippen LogP contribution in [0.25, 0.3) is 0 Å². The van der Waals surface area contributed by atoms with Gasteiger partial charge in [-0.05, 0) is 34.8 Å². The number of halogens is 1. The molecule has 1 heterocycles. The zero-order chi connectivity index (χ0) is 15.3. The van der Waals surface area contributed by atoms with Crippen LogP contribution >= 0.6 is 15.9 Å². The van der Waals surface area contributed by atoms with Crippen LogP contribution in [0.1, 0.15) is 20.8 Å². The van der Waals surface area contributed by atoms with Gasteiger partial charge in [0.05, 0.1) is 6.61 Å². The summed E-state index contributed by atoms with van der Waals surface area (Å²) < 4.78 is 33.2. The predicted molar refractivity (Wildman–Crippen MR) is 81.8 cm³/mol. The maximum Gasteiger partial charge on any atom is 0.244 e. The third kappa shape index (κ3) is 4.69. The van der Waals surface area contributed by atoms with E-state index >= 15 is 0 Å². The highest BCUT2D eigenvalue weighted by Crippen LogP contribution is 2.21. The molecule has 0 saturated carbocycles. The van der Waals surface area contributed by atoms with Gasteiger partial charge in [0.2, 0.25) is 10.0 Å². The number of sulfonamides is 1. The molecule has 0 saturated heterocycles. The van der Waals surface area contributed by atoms with E-state index in [0.29, 0.717) is 17.7 Å². The van der Waals surface area contributed by atoms with Crippen molar-refractivity contribution in [1.29, 1.82) is 0 Å². The van der Waals surface area contributed by atoms with Crippen LogP contribution in [0.3, 0.4) is 0 Å². The number of nitrogens with one attached hydrogen (secondary N) is 1. The molecule has 20 heavy (non-hydrogen) atoms. The largest absolute Gasteiger partial charge is 0.383 e. The summed E-state index contributed by atoms with van der Waals surface area (Å²) in [6, 6.07) is 1.11. The van der Waals surface area contributed by atoms with E-state index in [1.807, 2.05) is 20.8 Å². The molecule has 0 amide bonds. The highest BCUT2D eigenvalue weighted by Gasteiger charge is 2.25. The third-order valence-electron chi connectivity index (χ3n) is 2.75. The molecule has 0 aliphatic rings. The second kappa shape index (κ2) is 7.35. The Hall–Kier alpha value is -0.700. The molecule has 1 aromatic rings. The molecular weight excluding hydrogens is 346 g/mol. The summed E-state index contributed by atoms with van der Waals surface area (Å²) in [5, 5.41) is 0. The van der Waals surface area contributed by atoms with Crippen LogP contribution < -0.4 is 10.5 Å². The van der Waals surface area contributed by atoms with Crippen molar-refractivity contribution in [3.05, 3.63) is 16.7 Å². The van der Waals surface area contributed by atoms with Crippen LogP contribution in [0, 0.1) is 5.92 Å². The number of hydrogen-bond acceptors (Lipinski definition) is 5. The summed E-state index contributed by atoms with van der Waals surface area (Å²) in [4.78, 5) is 3.81. The number of nitrogens with zero attached hydrogens (tertiary/aromatic N) is 1. The van der Waals surface area contributed by atoms with Gasteiger partial charge in [-0.2, -0.15) is 0 Å². The van der Waals surface area contributed by atoms with E-state index in [1.54, 1.807) is 0 Å². The van der Waals surface area contributed by atoms with Crippen molar-refractivity contribution in [1.82, 2.24) is 9.71 Å². The van der Waals surface area contributed by atoms with E-state index in [-0.39, 0.29) is 22.7 Å². The maximum atomic E-state index is 12.4. The molecule has 1 unspecified atom stereocenters. The second-order valence-corrected chi connectivity index (χ2v) is 7.27. The summed E-state index contributed by atoms with van der Waals surface area (Å²) in [6.45, 7) is 6.56. The predicted octanol–water partition coefficient (Wildman–Crippen LogP) is 1.77. The zero-order valence-corrected chi connectivity index (χ0v) is 14.2. The maximum absolute atomic E-state index is 12.4. The van der Waals surface area contributed by atoms with Crippen LogP contribution in [0.15, 0.2) is 21.6 Å². The number of aromatic nitrogens is 1. The van der Waals surface area contributed by atoms with E-state index in [2.05, 4.69) is 25.6 Å². The lowest BCUT2D eigenvalue weighted by atomic mass is 10.1. The van der Waals surface area contributed by atoms with Gasteiger partial charge in [0.15, 0.2) is 0 Å². The zero-order valence-electron chi connectivity index (χ0n) is 11.8. The minimum atomic E-state index is -3.74. The Kier molecular flexibility index (Phi) is 6.38. The number of nitrogens with two attached hydrogens (primary N) is 1. The lowest BCUT2D eigenvalue weighted by Crippen LogP contribution is -2.42. The highest BCUT2D eigenvalue weighted by molar-refractivity contribution is 9.10. The monoisotopic (exact) mass is 365 g/mol. The third-order valence-corrected chi connectivity index (χ3v) is 4.70. The molecule has 0 spiro atoms. The molecule has 1 rings (SSSR count). The number of nitrogen functional groups attached to an aromatic ring is 1. The minimum absolute atomic E-state index is 0.0281. The van der Waals surface area contributed by atoms with Crippen LogP contribution in [-0.2, 0) is 14.8 Å². The van der Waals surface area contributed by atoms with E-state index in [4.69, 9.17) is 10.5 Å². The molecule has 0 radical (unpaired) electrons. The average Bonchev–Trinajstić information content (AvgIpc) is 2.36. The molecule has 6 nitrogen and oxygen atoms in total. The number of hydrogen-bond donors (Lipinski definition) is 2. The van der Waals surface area contributed by atoms with Crippen LogP contribution in [0.5, 0.6) is 0 Å². The van der Waals surface area contributed by atoms with Crippen molar-refractivity contribution in [2.24, 2.45) is 5.92 Å². The first-order valence-electron chi connectivity index (χ1n) is 6.29. The summed E-state index contributed by atoms with van der Waals surface area (Å²) in [6.07, 6.45) is 1.45. The number of anilines is 1. The van der Waals surface area contributed by atoms with Gasteiger partial charge in [-0.1, -0.05) is 13.8 Å². The summed E-state index contributed by atoms with van der Waals surface area (Å²) in [7, 11) is -3.74. The second-order valence-electron chi connectivity index (χ2n) is 4.67. The van der Waals surface area contributed by atoms with Gasteiger partial charge >= 0.3 is 0 Å². The van der Waals surface area contributed by atoms with Gasteiger partial charge in [-0.15, -0.1) is 0 Å². The first-order chi connectivity index (χ1) is 9.27. The van der Waals surface area contributed by atoms with E-state index in [9.17, 15) is 8.42 Å². The fraction of sp³-hybridized carbons (Fsp3) is 0.583. The molecule has 1 aromatic heterocycles. The Bertz CT molecular complexity index is 549. The Labute approximate surface area is 128 Å². The van der Waals surface area contributed by atoms with Crippen molar-refractivity contribution < 1.29 is 13.2 Å². The molecular formula is C12H20BrN3O3S. The topological polar surface area (TPSA) is 94.3 Å². The number of pyridine rings is 1. The summed E-state index contributed by atoms with van der Waals surface area (Å²) in [5.74, 6) is 0.0669. The number of ether oxygens (including phenoxy) is 1. The van der Waals surface area contributed by atoms with Crippen LogP contribution in [-0.4, -0.2) is 32.7 Å². The lowest BCUT2D eigenvalue weighted by molar-refractivity contribution is 0.116. The molecule has 0 fully saturated rings. The molecule has 0 aliphatic heterocycles. The van der Waals surface area contributed by atoms with Crippen LogP contribution in [0.2, 0.25) is 0 Å². The van der Waals surface area contributed by atoms with E-state index < -0.39 is 10.0 Å². The van der Waals surface area contributed by atoms with Crippen molar-refractivity contribution in [3.63, 3.8) is 0 Å². The van der Waals surface area contributed by atoms with Crippen molar-refractivity contribution in [2.45, 2.75) is 31.7 Å². The quantitative estimate of drug-likeness (QED) is 0.767. The van der Waals surface area contributed by atoms with Gasteiger partial charge in [-0.3, -0.25) is 0 Å². The fourth-order valence-electron chi connectivity index (χ4n) is 1.52. The SMILES string of the molecule is CCOCC(NS(=O)(=O)c1cc(Br)cnc1N)C(C)C. The standard InChI is InChI=1S/C12H20BrN3O3S/c1-4-19-7-10(8(2)3)16-20(17,18)11-5-9(13)6-15-12(11)14/h5-6,8,10,16H,4,7H2,1-3H3,(H2,14,15).